The zero-order valence-corrected chi connectivity index (χ0v) is 12.0. The van der Waals surface area contributed by atoms with Crippen LogP contribution in [0, 0.1) is 6.92 Å². The largest absolute Gasteiger partial charge is 0.365 e. The zero-order valence-electron chi connectivity index (χ0n) is 12.0. The number of hydrogen-bond acceptors (Lipinski definition) is 4. The van der Waals surface area contributed by atoms with E-state index in [0.29, 0.717) is 17.1 Å². The van der Waals surface area contributed by atoms with E-state index >= 15 is 0 Å². The highest BCUT2D eigenvalue weighted by atomic mass is 16.1. The predicted octanol–water partition coefficient (Wildman–Crippen LogP) is 2.61. The van der Waals surface area contributed by atoms with Gasteiger partial charge in [-0.25, -0.2) is 9.97 Å². The van der Waals surface area contributed by atoms with Crippen molar-refractivity contribution in [1.29, 1.82) is 0 Å². The molecule has 0 aliphatic heterocycles. The van der Waals surface area contributed by atoms with Crippen molar-refractivity contribution in [2.45, 2.75) is 6.92 Å². The molecule has 3 aromatic rings. The molecular formula is C17H14N4O. The maximum absolute atomic E-state index is 11.6. The van der Waals surface area contributed by atoms with Crippen molar-refractivity contribution in [2.75, 3.05) is 0 Å². The molecule has 1 amide bonds. The van der Waals surface area contributed by atoms with Crippen LogP contribution in [0.1, 0.15) is 15.9 Å². The number of amides is 1. The van der Waals surface area contributed by atoms with Crippen LogP contribution in [-0.4, -0.2) is 20.9 Å². The van der Waals surface area contributed by atoms with Gasteiger partial charge in [0.15, 0.2) is 5.82 Å². The van der Waals surface area contributed by atoms with Crippen molar-refractivity contribution in [3.05, 3.63) is 66.1 Å². The molecule has 2 aromatic heterocycles. The van der Waals surface area contributed by atoms with E-state index < -0.39 is 5.91 Å². The Morgan fingerprint density at radius 3 is 2.32 bits per heavy atom. The SMILES string of the molecule is Cc1ccc(-c2ncc(C(N)=O)c(-c3ccncc3)n2)cc1. The number of hydrogen-bond donors (Lipinski definition) is 1. The lowest BCUT2D eigenvalue weighted by Crippen LogP contribution is -2.14. The Hall–Kier alpha value is -3.08. The van der Waals surface area contributed by atoms with Gasteiger partial charge in [0.1, 0.15) is 0 Å². The molecule has 0 spiro atoms. The summed E-state index contributed by atoms with van der Waals surface area (Å²) >= 11 is 0. The van der Waals surface area contributed by atoms with Crippen LogP contribution in [0.3, 0.4) is 0 Å². The fourth-order valence-corrected chi connectivity index (χ4v) is 2.13. The first kappa shape index (κ1) is 13.9. The van der Waals surface area contributed by atoms with Crippen molar-refractivity contribution >= 4 is 5.91 Å². The zero-order chi connectivity index (χ0) is 15.5. The predicted molar refractivity (Wildman–Crippen MR) is 84.0 cm³/mol. The van der Waals surface area contributed by atoms with Crippen molar-refractivity contribution in [1.82, 2.24) is 15.0 Å². The lowest BCUT2D eigenvalue weighted by Gasteiger charge is -2.08. The molecule has 3 rings (SSSR count). The summed E-state index contributed by atoms with van der Waals surface area (Å²) in [6, 6.07) is 11.5. The van der Waals surface area contributed by atoms with E-state index in [1.165, 1.54) is 6.20 Å². The van der Waals surface area contributed by atoms with Gasteiger partial charge in [-0.2, -0.15) is 0 Å². The van der Waals surface area contributed by atoms with Crippen molar-refractivity contribution in [3.8, 4) is 22.6 Å². The van der Waals surface area contributed by atoms with E-state index in [-0.39, 0.29) is 0 Å². The Morgan fingerprint density at radius 1 is 1.00 bits per heavy atom. The van der Waals surface area contributed by atoms with Crippen LogP contribution in [0.4, 0.5) is 0 Å². The van der Waals surface area contributed by atoms with Crippen LogP contribution in [0.5, 0.6) is 0 Å². The molecule has 0 radical (unpaired) electrons. The molecule has 0 aliphatic rings. The molecule has 5 heteroatoms. The van der Waals surface area contributed by atoms with E-state index in [9.17, 15) is 4.79 Å². The van der Waals surface area contributed by atoms with Crippen LogP contribution in [-0.2, 0) is 0 Å². The summed E-state index contributed by atoms with van der Waals surface area (Å²) in [6.45, 7) is 2.02. The van der Waals surface area contributed by atoms with Crippen molar-refractivity contribution < 1.29 is 4.79 Å². The number of nitrogens with two attached hydrogens (primary N) is 1. The molecule has 2 heterocycles. The number of carbonyl (C=O) groups is 1. The standard InChI is InChI=1S/C17H14N4O/c1-11-2-4-13(5-3-11)17-20-10-14(16(18)22)15(21-17)12-6-8-19-9-7-12/h2-10H,1H3,(H2,18,22). The molecule has 0 fully saturated rings. The van der Waals surface area contributed by atoms with E-state index in [1.54, 1.807) is 24.5 Å². The van der Waals surface area contributed by atoms with E-state index in [0.717, 1.165) is 16.7 Å². The second-order valence-corrected chi connectivity index (χ2v) is 4.92. The third kappa shape index (κ3) is 2.69. The molecular weight excluding hydrogens is 276 g/mol. The fraction of sp³-hybridized carbons (Fsp3) is 0.0588. The molecule has 22 heavy (non-hydrogen) atoms. The van der Waals surface area contributed by atoms with Gasteiger partial charge in [-0.3, -0.25) is 9.78 Å². The Balaban J connectivity index is 2.16. The summed E-state index contributed by atoms with van der Waals surface area (Å²) in [5, 5.41) is 0. The van der Waals surface area contributed by atoms with Gasteiger partial charge in [0.25, 0.3) is 5.91 Å². The lowest BCUT2D eigenvalue weighted by molar-refractivity contribution is 0.100. The first-order valence-electron chi connectivity index (χ1n) is 6.79. The summed E-state index contributed by atoms with van der Waals surface area (Å²) in [6.07, 6.45) is 4.77. The second-order valence-electron chi connectivity index (χ2n) is 4.92. The number of nitrogens with zero attached hydrogens (tertiary/aromatic N) is 3. The molecule has 0 aliphatic carbocycles. The van der Waals surface area contributed by atoms with Crippen LogP contribution >= 0.6 is 0 Å². The van der Waals surface area contributed by atoms with Crippen molar-refractivity contribution in [3.63, 3.8) is 0 Å². The number of benzene rings is 1. The van der Waals surface area contributed by atoms with Gasteiger partial charge >= 0.3 is 0 Å². The average Bonchev–Trinajstić information content (AvgIpc) is 2.56. The second kappa shape index (κ2) is 5.73. The Kier molecular flexibility index (Phi) is 3.62. The number of pyridine rings is 1. The van der Waals surface area contributed by atoms with Gasteiger partial charge < -0.3 is 5.73 Å². The maximum Gasteiger partial charge on any atom is 0.252 e. The van der Waals surface area contributed by atoms with E-state index in [1.807, 2.05) is 31.2 Å². The maximum atomic E-state index is 11.6. The highest BCUT2D eigenvalue weighted by Gasteiger charge is 2.14. The van der Waals surface area contributed by atoms with Gasteiger partial charge in [-0.05, 0) is 19.1 Å². The van der Waals surface area contributed by atoms with Crippen LogP contribution in [0.2, 0.25) is 0 Å². The molecule has 0 unspecified atom stereocenters. The van der Waals surface area contributed by atoms with Gasteiger partial charge in [-0.15, -0.1) is 0 Å². The minimum absolute atomic E-state index is 0.294. The molecule has 0 atom stereocenters. The quantitative estimate of drug-likeness (QED) is 0.804. The number of rotatable bonds is 3. The first-order chi connectivity index (χ1) is 10.6. The molecule has 2 N–H and O–H groups in total. The topological polar surface area (TPSA) is 81.8 Å². The summed E-state index contributed by atoms with van der Waals surface area (Å²) in [7, 11) is 0. The molecule has 0 saturated heterocycles. The summed E-state index contributed by atoms with van der Waals surface area (Å²) in [4.78, 5) is 24.4. The number of primary amides is 1. The van der Waals surface area contributed by atoms with Crippen molar-refractivity contribution in [2.24, 2.45) is 5.73 Å². The number of aromatic nitrogens is 3. The average molecular weight is 290 g/mol. The van der Waals surface area contributed by atoms with E-state index in [4.69, 9.17) is 5.73 Å². The normalized spacial score (nSPS) is 10.4. The minimum atomic E-state index is -0.553. The summed E-state index contributed by atoms with van der Waals surface area (Å²) in [5.41, 5.74) is 9.06. The Bertz CT molecular complexity index is 814. The summed E-state index contributed by atoms with van der Waals surface area (Å²) < 4.78 is 0. The fourth-order valence-electron chi connectivity index (χ4n) is 2.13. The highest BCUT2D eigenvalue weighted by molar-refractivity contribution is 5.98. The van der Waals surface area contributed by atoms with Crippen LogP contribution in [0.15, 0.2) is 55.0 Å². The van der Waals surface area contributed by atoms with Gasteiger partial charge in [0.05, 0.1) is 11.3 Å². The third-order valence-electron chi connectivity index (χ3n) is 3.32. The monoisotopic (exact) mass is 290 g/mol. The Morgan fingerprint density at radius 2 is 1.68 bits per heavy atom. The summed E-state index contributed by atoms with van der Waals surface area (Å²) in [5.74, 6) is -0.000851. The number of carbonyl (C=O) groups excluding carboxylic acids is 1. The van der Waals surface area contributed by atoms with Gasteiger partial charge in [0.2, 0.25) is 0 Å². The molecule has 1 aromatic carbocycles. The van der Waals surface area contributed by atoms with Crippen LogP contribution in [0.25, 0.3) is 22.6 Å². The van der Waals surface area contributed by atoms with E-state index in [2.05, 4.69) is 15.0 Å². The Labute approximate surface area is 127 Å². The minimum Gasteiger partial charge on any atom is -0.365 e. The molecule has 0 bridgehead atoms. The van der Waals surface area contributed by atoms with Gasteiger partial charge in [-0.1, -0.05) is 29.8 Å². The number of aryl methyl sites for hydroxylation is 1. The molecule has 0 saturated carbocycles. The molecule has 108 valence electrons. The van der Waals surface area contributed by atoms with Gasteiger partial charge in [0, 0.05) is 29.7 Å². The third-order valence-corrected chi connectivity index (χ3v) is 3.32. The lowest BCUT2D eigenvalue weighted by atomic mass is 10.1. The highest BCUT2D eigenvalue weighted by Crippen LogP contribution is 2.24. The van der Waals surface area contributed by atoms with Crippen LogP contribution < -0.4 is 5.73 Å². The smallest absolute Gasteiger partial charge is 0.252 e. The first-order valence-corrected chi connectivity index (χ1v) is 6.79. The molecule has 5 nitrogen and oxygen atoms in total.